The lowest BCUT2D eigenvalue weighted by atomic mass is 10.3. The molecular weight excluding hydrogens is 332 g/mol. The predicted molar refractivity (Wildman–Crippen MR) is 84.6 cm³/mol. The summed E-state index contributed by atoms with van der Waals surface area (Å²) in [6, 6.07) is 7.74. The molecule has 1 aliphatic heterocycles. The molecule has 1 fully saturated rings. The number of nitrogens with zero attached hydrogens (tertiary/aromatic N) is 3. The second-order valence-electron chi connectivity index (χ2n) is 4.93. The molecule has 0 bridgehead atoms. The summed E-state index contributed by atoms with van der Waals surface area (Å²) in [6.45, 7) is 1.66. The van der Waals surface area contributed by atoms with Crippen molar-refractivity contribution in [1.29, 1.82) is 0 Å². The zero-order chi connectivity index (χ0) is 14.7. The Balaban J connectivity index is 1.70. The third kappa shape index (κ3) is 3.39. The van der Waals surface area contributed by atoms with E-state index in [2.05, 4.69) is 31.2 Å². The van der Waals surface area contributed by atoms with Crippen LogP contribution < -0.4 is 5.32 Å². The molecule has 0 saturated carbocycles. The van der Waals surface area contributed by atoms with Crippen LogP contribution in [-0.4, -0.2) is 33.9 Å². The second kappa shape index (κ2) is 6.22. The molecule has 0 spiro atoms. The van der Waals surface area contributed by atoms with Crippen LogP contribution >= 0.6 is 15.9 Å². The van der Waals surface area contributed by atoms with E-state index in [1.807, 2.05) is 29.2 Å². The number of halogens is 1. The highest BCUT2D eigenvalue weighted by Gasteiger charge is 2.19. The summed E-state index contributed by atoms with van der Waals surface area (Å²) in [7, 11) is 0. The largest absolute Gasteiger partial charge is 0.339 e. The Kier molecular flexibility index (Phi) is 4.15. The minimum atomic E-state index is 0.0153. The van der Waals surface area contributed by atoms with Gasteiger partial charge in [0.15, 0.2) is 0 Å². The fourth-order valence-corrected chi connectivity index (χ4v) is 2.70. The first-order valence-corrected chi connectivity index (χ1v) is 7.65. The van der Waals surface area contributed by atoms with Crippen LogP contribution in [0.15, 0.2) is 41.1 Å². The highest BCUT2D eigenvalue weighted by atomic mass is 79.9. The van der Waals surface area contributed by atoms with Crippen LogP contribution in [-0.2, 0) is 0 Å². The Morgan fingerprint density at radius 3 is 2.57 bits per heavy atom. The summed E-state index contributed by atoms with van der Waals surface area (Å²) in [4.78, 5) is 22.5. The van der Waals surface area contributed by atoms with E-state index in [4.69, 9.17) is 0 Å². The number of anilines is 2. The molecule has 0 unspecified atom stereocenters. The topological polar surface area (TPSA) is 58.1 Å². The number of hydrogen-bond acceptors (Lipinski definition) is 4. The third-order valence-corrected chi connectivity index (χ3v) is 3.87. The Bertz CT molecular complexity index is 638. The standard InChI is InChI=1S/C15H15BrN4O/c16-12-4-3-5-13(8-12)19-15-17-9-11(10-18-15)14(21)20-6-1-2-7-20/h3-5,8-10H,1-2,6-7H2,(H,17,18,19). The van der Waals surface area contributed by atoms with Gasteiger partial charge < -0.3 is 10.2 Å². The van der Waals surface area contributed by atoms with Crippen LogP contribution in [0.2, 0.25) is 0 Å². The molecule has 6 heteroatoms. The van der Waals surface area contributed by atoms with E-state index in [1.54, 1.807) is 12.4 Å². The van der Waals surface area contributed by atoms with E-state index in [1.165, 1.54) is 0 Å². The van der Waals surface area contributed by atoms with Gasteiger partial charge in [-0.3, -0.25) is 4.79 Å². The Labute approximate surface area is 131 Å². The number of hydrogen-bond donors (Lipinski definition) is 1. The lowest BCUT2D eigenvalue weighted by Gasteiger charge is -2.14. The molecule has 2 aromatic rings. The van der Waals surface area contributed by atoms with Gasteiger partial charge in [0.1, 0.15) is 0 Å². The first-order chi connectivity index (χ1) is 10.2. The van der Waals surface area contributed by atoms with Crippen molar-refractivity contribution in [2.75, 3.05) is 18.4 Å². The molecule has 0 radical (unpaired) electrons. The van der Waals surface area contributed by atoms with Gasteiger partial charge >= 0.3 is 0 Å². The van der Waals surface area contributed by atoms with Crippen molar-refractivity contribution in [3.05, 3.63) is 46.7 Å². The van der Waals surface area contributed by atoms with Gasteiger partial charge in [-0.1, -0.05) is 22.0 Å². The molecule has 0 atom stereocenters. The quantitative estimate of drug-likeness (QED) is 0.926. The molecule has 5 nitrogen and oxygen atoms in total. The number of benzene rings is 1. The lowest BCUT2D eigenvalue weighted by molar-refractivity contribution is 0.0792. The van der Waals surface area contributed by atoms with E-state index in [0.29, 0.717) is 11.5 Å². The zero-order valence-corrected chi connectivity index (χ0v) is 13.0. The average Bonchev–Trinajstić information content (AvgIpc) is 3.01. The van der Waals surface area contributed by atoms with Gasteiger partial charge in [-0.2, -0.15) is 0 Å². The predicted octanol–water partition coefficient (Wildman–Crippen LogP) is 3.22. The van der Waals surface area contributed by atoms with E-state index in [9.17, 15) is 4.79 Å². The normalized spacial score (nSPS) is 14.2. The van der Waals surface area contributed by atoms with Crippen LogP contribution in [0, 0.1) is 0 Å². The maximum atomic E-state index is 12.2. The fraction of sp³-hybridized carbons (Fsp3) is 0.267. The van der Waals surface area contributed by atoms with Crippen molar-refractivity contribution in [2.45, 2.75) is 12.8 Å². The maximum absolute atomic E-state index is 12.2. The first-order valence-electron chi connectivity index (χ1n) is 6.86. The number of amides is 1. The molecule has 1 aromatic heterocycles. The van der Waals surface area contributed by atoms with Crippen LogP contribution in [0.25, 0.3) is 0 Å². The summed E-state index contributed by atoms with van der Waals surface area (Å²) in [5, 5.41) is 3.10. The summed E-state index contributed by atoms with van der Waals surface area (Å²) in [5.41, 5.74) is 1.43. The SMILES string of the molecule is O=C(c1cnc(Nc2cccc(Br)c2)nc1)N1CCCC1. The van der Waals surface area contributed by atoms with Crippen LogP contribution in [0.5, 0.6) is 0 Å². The second-order valence-corrected chi connectivity index (χ2v) is 5.85. The molecule has 108 valence electrons. The molecule has 21 heavy (non-hydrogen) atoms. The van der Waals surface area contributed by atoms with Gasteiger partial charge in [-0.05, 0) is 31.0 Å². The number of carbonyl (C=O) groups is 1. The minimum absolute atomic E-state index is 0.0153. The van der Waals surface area contributed by atoms with Crippen LogP contribution in [0.3, 0.4) is 0 Å². The highest BCUT2D eigenvalue weighted by molar-refractivity contribution is 9.10. The molecular formula is C15H15BrN4O. The van der Waals surface area contributed by atoms with E-state index < -0.39 is 0 Å². The number of carbonyl (C=O) groups excluding carboxylic acids is 1. The Morgan fingerprint density at radius 1 is 1.19 bits per heavy atom. The van der Waals surface area contributed by atoms with Gasteiger partial charge in [0.2, 0.25) is 5.95 Å². The van der Waals surface area contributed by atoms with E-state index in [-0.39, 0.29) is 5.91 Å². The van der Waals surface area contributed by atoms with Crippen molar-refractivity contribution >= 4 is 33.5 Å². The average molecular weight is 347 g/mol. The molecule has 1 saturated heterocycles. The molecule has 1 aromatic carbocycles. The monoisotopic (exact) mass is 346 g/mol. The Morgan fingerprint density at radius 2 is 1.90 bits per heavy atom. The first kappa shape index (κ1) is 14.0. The van der Waals surface area contributed by atoms with Crippen LogP contribution in [0.4, 0.5) is 11.6 Å². The fourth-order valence-electron chi connectivity index (χ4n) is 2.30. The maximum Gasteiger partial charge on any atom is 0.256 e. The summed E-state index contributed by atoms with van der Waals surface area (Å²) in [5.74, 6) is 0.493. The molecule has 1 N–H and O–H groups in total. The van der Waals surface area contributed by atoms with E-state index in [0.717, 1.165) is 36.1 Å². The molecule has 2 heterocycles. The number of aromatic nitrogens is 2. The molecule has 1 aliphatic rings. The van der Waals surface area contributed by atoms with Crippen molar-refractivity contribution in [1.82, 2.24) is 14.9 Å². The van der Waals surface area contributed by atoms with Gasteiger partial charge in [0, 0.05) is 35.6 Å². The van der Waals surface area contributed by atoms with Gasteiger partial charge in [-0.25, -0.2) is 9.97 Å². The summed E-state index contributed by atoms with van der Waals surface area (Å²) < 4.78 is 0.980. The van der Waals surface area contributed by atoms with Crippen LogP contribution in [0.1, 0.15) is 23.2 Å². The summed E-state index contributed by atoms with van der Waals surface area (Å²) >= 11 is 3.41. The number of rotatable bonds is 3. The minimum Gasteiger partial charge on any atom is -0.339 e. The molecule has 1 amide bonds. The molecule has 0 aliphatic carbocycles. The van der Waals surface area contributed by atoms with E-state index >= 15 is 0 Å². The number of nitrogens with one attached hydrogen (secondary N) is 1. The van der Waals surface area contributed by atoms with Crippen molar-refractivity contribution in [2.24, 2.45) is 0 Å². The molecule has 3 rings (SSSR count). The van der Waals surface area contributed by atoms with Gasteiger partial charge in [0.25, 0.3) is 5.91 Å². The van der Waals surface area contributed by atoms with Gasteiger partial charge in [-0.15, -0.1) is 0 Å². The Hall–Kier alpha value is -1.95. The highest BCUT2D eigenvalue weighted by Crippen LogP contribution is 2.18. The third-order valence-electron chi connectivity index (χ3n) is 3.37. The van der Waals surface area contributed by atoms with Gasteiger partial charge in [0.05, 0.1) is 5.56 Å². The summed E-state index contributed by atoms with van der Waals surface area (Å²) in [6.07, 6.45) is 5.31. The number of likely N-dealkylation sites (tertiary alicyclic amines) is 1. The zero-order valence-electron chi connectivity index (χ0n) is 11.4. The lowest BCUT2D eigenvalue weighted by Crippen LogP contribution is -2.27. The van der Waals surface area contributed by atoms with Crippen molar-refractivity contribution < 1.29 is 4.79 Å². The van der Waals surface area contributed by atoms with Crippen molar-refractivity contribution in [3.8, 4) is 0 Å². The van der Waals surface area contributed by atoms with Crippen molar-refractivity contribution in [3.63, 3.8) is 0 Å². The smallest absolute Gasteiger partial charge is 0.256 e.